The molecular weight excluding hydrogens is 280 g/mol. The number of ether oxygens (including phenoxy) is 1. The molecule has 1 saturated heterocycles. The molecule has 2 amide bonds. The van der Waals surface area contributed by atoms with Crippen LogP contribution in [0.5, 0.6) is 5.75 Å². The lowest BCUT2D eigenvalue weighted by Gasteiger charge is -2.40. The number of benzene rings is 1. The Bertz CT molecular complexity index is 544. The van der Waals surface area contributed by atoms with Crippen molar-refractivity contribution in [2.45, 2.75) is 38.6 Å². The van der Waals surface area contributed by atoms with Crippen LogP contribution in [-0.2, 0) is 9.59 Å². The van der Waals surface area contributed by atoms with Gasteiger partial charge in [0.25, 0.3) is 0 Å². The van der Waals surface area contributed by atoms with Crippen molar-refractivity contribution in [2.75, 3.05) is 13.7 Å². The van der Waals surface area contributed by atoms with E-state index >= 15 is 0 Å². The molecule has 5 nitrogen and oxygen atoms in total. The van der Waals surface area contributed by atoms with Crippen LogP contribution in [0.15, 0.2) is 24.3 Å². The van der Waals surface area contributed by atoms with Gasteiger partial charge in [-0.3, -0.25) is 9.59 Å². The summed E-state index contributed by atoms with van der Waals surface area (Å²) in [7, 11) is 1.60. The van der Waals surface area contributed by atoms with E-state index in [1.807, 2.05) is 24.3 Å². The fourth-order valence-electron chi connectivity index (χ4n) is 3.14. The van der Waals surface area contributed by atoms with Crippen LogP contribution < -0.4 is 10.5 Å². The second-order valence-corrected chi connectivity index (χ2v) is 5.68. The Kier molecular flexibility index (Phi) is 5.41. The number of carbonyl (C=O) groups is 2. The summed E-state index contributed by atoms with van der Waals surface area (Å²) in [6.07, 6.45) is 2.77. The minimum Gasteiger partial charge on any atom is -0.496 e. The minimum absolute atomic E-state index is 0.0851. The van der Waals surface area contributed by atoms with Gasteiger partial charge in [-0.2, -0.15) is 0 Å². The highest BCUT2D eigenvalue weighted by atomic mass is 16.5. The zero-order chi connectivity index (χ0) is 16.1. The highest BCUT2D eigenvalue weighted by molar-refractivity contribution is 5.84. The number of para-hydroxylation sites is 1. The number of primary amides is 1. The fourth-order valence-corrected chi connectivity index (χ4v) is 3.14. The van der Waals surface area contributed by atoms with E-state index < -0.39 is 0 Å². The van der Waals surface area contributed by atoms with E-state index in [1.54, 1.807) is 12.0 Å². The standard InChI is InChI=1S/C17H24N2O3/c1-3-4-11-19-15(20)10-9-13(17(18)21)16(19)12-7-5-6-8-14(12)22-2/h5-8,13,16H,3-4,9-11H2,1-2H3,(H2,18,21)/t13-,16+/m0/s1. The molecule has 0 radical (unpaired) electrons. The van der Waals surface area contributed by atoms with Gasteiger partial charge in [-0.1, -0.05) is 31.5 Å². The van der Waals surface area contributed by atoms with Crippen LogP contribution in [-0.4, -0.2) is 30.4 Å². The predicted molar refractivity (Wildman–Crippen MR) is 84.3 cm³/mol. The summed E-state index contributed by atoms with van der Waals surface area (Å²) in [5.74, 6) is 0.0487. The summed E-state index contributed by atoms with van der Waals surface area (Å²) >= 11 is 0. The minimum atomic E-state index is -0.370. The van der Waals surface area contributed by atoms with E-state index in [2.05, 4.69) is 6.92 Å². The number of nitrogens with zero attached hydrogens (tertiary/aromatic N) is 1. The second-order valence-electron chi connectivity index (χ2n) is 5.68. The van der Waals surface area contributed by atoms with Gasteiger partial charge in [-0.15, -0.1) is 0 Å². The van der Waals surface area contributed by atoms with Crippen LogP contribution in [0, 0.1) is 5.92 Å². The van der Waals surface area contributed by atoms with Crippen LogP contribution in [0.3, 0.4) is 0 Å². The Morgan fingerprint density at radius 3 is 2.77 bits per heavy atom. The summed E-state index contributed by atoms with van der Waals surface area (Å²) in [6.45, 7) is 2.72. The first-order valence-electron chi connectivity index (χ1n) is 7.81. The average molecular weight is 304 g/mol. The monoisotopic (exact) mass is 304 g/mol. The van der Waals surface area contributed by atoms with Gasteiger partial charge < -0.3 is 15.4 Å². The van der Waals surface area contributed by atoms with Gasteiger partial charge >= 0.3 is 0 Å². The molecule has 0 unspecified atom stereocenters. The lowest BCUT2D eigenvalue weighted by atomic mass is 9.83. The van der Waals surface area contributed by atoms with Crippen molar-refractivity contribution in [1.82, 2.24) is 4.90 Å². The molecule has 2 N–H and O–H groups in total. The molecule has 0 saturated carbocycles. The van der Waals surface area contributed by atoms with Crippen molar-refractivity contribution < 1.29 is 14.3 Å². The molecule has 0 aromatic heterocycles. The third-order valence-corrected chi connectivity index (χ3v) is 4.28. The van der Waals surface area contributed by atoms with E-state index in [0.29, 0.717) is 25.1 Å². The van der Waals surface area contributed by atoms with Gasteiger partial charge in [-0.25, -0.2) is 0 Å². The van der Waals surface area contributed by atoms with Crippen molar-refractivity contribution >= 4 is 11.8 Å². The number of rotatable bonds is 6. The first kappa shape index (κ1) is 16.3. The Morgan fingerprint density at radius 1 is 1.41 bits per heavy atom. The molecule has 1 heterocycles. The Labute approximate surface area is 131 Å². The van der Waals surface area contributed by atoms with Gasteiger partial charge in [0.05, 0.1) is 19.1 Å². The van der Waals surface area contributed by atoms with Crippen molar-refractivity contribution in [3.05, 3.63) is 29.8 Å². The van der Waals surface area contributed by atoms with Crippen LogP contribution in [0.4, 0.5) is 0 Å². The predicted octanol–water partition coefficient (Wildman–Crippen LogP) is 2.26. The van der Waals surface area contributed by atoms with Crippen molar-refractivity contribution in [3.8, 4) is 5.75 Å². The normalized spacial score (nSPS) is 21.7. The number of methoxy groups -OCH3 is 1. The molecule has 5 heteroatoms. The molecule has 0 aliphatic carbocycles. The fraction of sp³-hybridized carbons (Fsp3) is 0.529. The van der Waals surface area contributed by atoms with E-state index in [1.165, 1.54) is 0 Å². The van der Waals surface area contributed by atoms with Gasteiger partial charge in [-0.05, 0) is 18.9 Å². The van der Waals surface area contributed by atoms with Crippen molar-refractivity contribution in [3.63, 3.8) is 0 Å². The number of unbranched alkanes of at least 4 members (excludes halogenated alkanes) is 1. The SMILES string of the molecule is CCCCN1C(=O)CC[C@H](C(N)=O)[C@H]1c1ccccc1OC. The highest BCUT2D eigenvalue weighted by Crippen LogP contribution is 2.40. The molecule has 2 atom stereocenters. The summed E-state index contributed by atoms with van der Waals surface area (Å²) in [4.78, 5) is 26.1. The number of nitrogens with two attached hydrogens (primary N) is 1. The molecule has 22 heavy (non-hydrogen) atoms. The van der Waals surface area contributed by atoms with Gasteiger partial charge in [0.1, 0.15) is 5.75 Å². The third-order valence-electron chi connectivity index (χ3n) is 4.28. The lowest BCUT2D eigenvalue weighted by molar-refractivity contribution is -0.142. The van der Waals surface area contributed by atoms with E-state index in [4.69, 9.17) is 10.5 Å². The summed E-state index contributed by atoms with van der Waals surface area (Å²) < 4.78 is 5.42. The van der Waals surface area contributed by atoms with Crippen LogP contribution in [0.25, 0.3) is 0 Å². The zero-order valence-corrected chi connectivity index (χ0v) is 13.2. The molecule has 0 bridgehead atoms. The molecule has 1 aliphatic heterocycles. The number of carbonyl (C=O) groups excluding carboxylic acids is 2. The van der Waals surface area contributed by atoms with Crippen LogP contribution >= 0.6 is 0 Å². The van der Waals surface area contributed by atoms with Crippen molar-refractivity contribution in [2.24, 2.45) is 11.7 Å². The smallest absolute Gasteiger partial charge is 0.223 e. The van der Waals surface area contributed by atoms with Gasteiger partial charge in [0.2, 0.25) is 11.8 Å². The van der Waals surface area contributed by atoms with Crippen molar-refractivity contribution in [1.29, 1.82) is 0 Å². The van der Waals surface area contributed by atoms with E-state index in [-0.39, 0.29) is 23.8 Å². The number of piperidine rings is 1. The molecule has 1 fully saturated rings. The largest absolute Gasteiger partial charge is 0.496 e. The Balaban J connectivity index is 2.44. The quantitative estimate of drug-likeness (QED) is 0.876. The highest BCUT2D eigenvalue weighted by Gasteiger charge is 2.40. The number of hydrogen-bond acceptors (Lipinski definition) is 3. The maximum Gasteiger partial charge on any atom is 0.223 e. The first-order valence-corrected chi connectivity index (χ1v) is 7.81. The summed E-state index contributed by atoms with van der Waals surface area (Å²) in [5.41, 5.74) is 6.46. The van der Waals surface area contributed by atoms with E-state index in [9.17, 15) is 9.59 Å². The third kappa shape index (κ3) is 3.24. The zero-order valence-electron chi connectivity index (χ0n) is 13.2. The van der Waals surface area contributed by atoms with Gasteiger partial charge in [0, 0.05) is 18.5 Å². The number of amides is 2. The van der Waals surface area contributed by atoms with Crippen LogP contribution in [0.1, 0.15) is 44.2 Å². The topological polar surface area (TPSA) is 72.6 Å². The molecule has 1 aliphatic rings. The first-order chi connectivity index (χ1) is 10.6. The summed E-state index contributed by atoms with van der Waals surface area (Å²) in [6, 6.07) is 7.21. The number of hydrogen-bond donors (Lipinski definition) is 1. The van der Waals surface area contributed by atoms with Crippen LogP contribution in [0.2, 0.25) is 0 Å². The molecule has 1 aromatic carbocycles. The maximum absolute atomic E-state index is 12.4. The maximum atomic E-state index is 12.4. The molecule has 1 aromatic rings. The second kappa shape index (κ2) is 7.29. The van der Waals surface area contributed by atoms with Gasteiger partial charge in [0.15, 0.2) is 0 Å². The lowest BCUT2D eigenvalue weighted by Crippen LogP contribution is -2.47. The Hall–Kier alpha value is -2.04. The number of likely N-dealkylation sites (tertiary alicyclic amines) is 1. The van der Waals surface area contributed by atoms with E-state index in [0.717, 1.165) is 18.4 Å². The molecular formula is C17H24N2O3. The summed E-state index contributed by atoms with van der Waals surface area (Å²) in [5, 5.41) is 0. The molecule has 2 rings (SSSR count). The Morgan fingerprint density at radius 2 is 2.14 bits per heavy atom. The molecule has 0 spiro atoms. The molecule has 120 valence electrons. The average Bonchev–Trinajstić information content (AvgIpc) is 2.53.